The first-order valence-electron chi connectivity index (χ1n) is 9.71. The monoisotopic (exact) mass is 486 g/mol. The first kappa shape index (κ1) is 24.3. The molecule has 0 atom stereocenters. The van der Waals surface area contributed by atoms with Crippen molar-refractivity contribution in [3.05, 3.63) is 81.4 Å². The number of nitro benzene ring substituents is 1. The molecule has 0 aliphatic carbocycles. The van der Waals surface area contributed by atoms with Crippen molar-refractivity contribution in [3.63, 3.8) is 0 Å². The van der Waals surface area contributed by atoms with Gasteiger partial charge in [-0.05, 0) is 42.5 Å². The predicted octanol–water partition coefficient (Wildman–Crippen LogP) is 4.85. The minimum Gasteiger partial charge on any atom is -0.497 e. The van der Waals surface area contributed by atoms with Crippen molar-refractivity contribution in [2.45, 2.75) is 0 Å². The van der Waals surface area contributed by atoms with Crippen LogP contribution >= 0.6 is 11.6 Å². The van der Waals surface area contributed by atoms with E-state index in [-0.39, 0.29) is 33.5 Å². The Kier molecular flexibility index (Phi) is 7.88. The number of hydrogen-bond acceptors (Lipinski definition) is 8. The van der Waals surface area contributed by atoms with Crippen LogP contribution in [0.2, 0.25) is 5.02 Å². The van der Waals surface area contributed by atoms with Gasteiger partial charge in [-0.25, -0.2) is 4.79 Å². The van der Waals surface area contributed by atoms with Crippen LogP contribution in [0.15, 0.2) is 60.7 Å². The third-order valence-electron chi connectivity index (χ3n) is 4.42. The number of nitrogens with zero attached hydrogens (tertiary/aromatic N) is 1. The zero-order valence-electron chi connectivity index (χ0n) is 18.1. The van der Waals surface area contributed by atoms with E-state index in [9.17, 15) is 19.7 Å². The second-order valence-corrected chi connectivity index (χ2v) is 7.13. The first-order valence-corrected chi connectivity index (χ1v) is 10.1. The highest BCUT2D eigenvalue weighted by Crippen LogP contribution is 2.38. The van der Waals surface area contributed by atoms with Gasteiger partial charge in [0.15, 0.2) is 18.1 Å². The molecule has 0 saturated heterocycles. The largest absolute Gasteiger partial charge is 0.497 e. The van der Waals surface area contributed by atoms with Gasteiger partial charge in [-0.15, -0.1) is 0 Å². The van der Waals surface area contributed by atoms with Gasteiger partial charge in [-0.1, -0.05) is 17.7 Å². The lowest BCUT2D eigenvalue weighted by Crippen LogP contribution is -2.21. The number of nitrogens with one attached hydrogen (secondary N) is 1. The molecular weight excluding hydrogens is 468 g/mol. The van der Waals surface area contributed by atoms with Crippen LogP contribution in [0.1, 0.15) is 10.4 Å². The summed E-state index contributed by atoms with van der Waals surface area (Å²) < 4.78 is 21.0. The molecule has 34 heavy (non-hydrogen) atoms. The maximum absolute atomic E-state index is 12.4. The smallest absolute Gasteiger partial charge is 0.338 e. The molecule has 0 bridgehead atoms. The molecule has 0 aliphatic rings. The normalized spacial score (nSPS) is 10.2. The van der Waals surface area contributed by atoms with Crippen molar-refractivity contribution in [2.24, 2.45) is 0 Å². The van der Waals surface area contributed by atoms with Crippen LogP contribution in [-0.2, 0) is 9.53 Å². The molecule has 176 valence electrons. The van der Waals surface area contributed by atoms with Crippen molar-refractivity contribution in [2.75, 3.05) is 26.1 Å². The van der Waals surface area contributed by atoms with E-state index in [1.807, 2.05) is 0 Å². The SMILES string of the molecule is COc1cccc(NC(=O)COC(=O)c2ccc(Oc3ccc(Cl)cc3[N+](=O)[O-])c(OC)c2)c1. The molecule has 0 spiro atoms. The number of hydrogen-bond donors (Lipinski definition) is 1. The average molecular weight is 487 g/mol. The third-order valence-corrected chi connectivity index (χ3v) is 4.66. The lowest BCUT2D eigenvalue weighted by molar-refractivity contribution is -0.385. The molecule has 1 N–H and O–H groups in total. The molecule has 3 aromatic rings. The highest BCUT2D eigenvalue weighted by molar-refractivity contribution is 6.30. The molecule has 1 amide bonds. The Morgan fingerprint density at radius 1 is 0.971 bits per heavy atom. The van der Waals surface area contributed by atoms with E-state index in [2.05, 4.69) is 5.32 Å². The summed E-state index contributed by atoms with van der Waals surface area (Å²) in [4.78, 5) is 35.1. The molecule has 3 aromatic carbocycles. The number of methoxy groups -OCH3 is 2. The van der Waals surface area contributed by atoms with Gasteiger partial charge in [0.25, 0.3) is 5.91 Å². The van der Waals surface area contributed by atoms with Gasteiger partial charge in [0.05, 0.1) is 24.7 Å². The molecule has 0 fully saturated rings. The topological polar surface area (TPSA) is 126 Å². The van der Waals surface area contributed by atoms with Gasteiger partial charge in [0.1, 0.15) is 5.75 Å². The fourth-order valence-corrected chi connectivity index (χ4v) is 3.00. The molecule has 0 radical (unpaired) electrons. The summed E-state index contributed by atoms with van der Waals surface area (Å²) in [5.74, 6) is -0.558. The summed E-state index contributed by atoms with van der Waals surface area (Å²) in [7, 11) is 2.85. The first-order chi connectivity index (χ1) is 16.3. The Labute approximate surface area is 199 Å². The van der Waals surface area contributed by atoms with E-state index in [1.165, 1.54) is 44.6 Å². The summed E-state index contributed by atoms with van der Waals surface area (Å²) in [5, 5.41) is 14.0. The number of rotatable bonds is 9. The van der Waals surface area contributed by atoms with Crippen LogP contribution in [0, 0.1) is 10.1 Å². The lowest BCUT2D eigenvalue weighted by atomic mass is 10.2. The van der Waals surface area contributed by atoms with Gasteiger partial charge < -0.3 is 24.3 Å². The number of halogens is 1. The van der Waals surface area contributed by atoms with Crippen molar-refractivity contribution < 1.29 is 33.5 Å². The van der Waals surface area contributed by atoms with Crippen molar-refractivity contribution in [3.8, 4) is 23.0 Å². The molecule has 0 heterocycles. The summed E-state index contributed by atoms with van der Waals surface area (Å²) in [5.41, 5.74) is 0.240. The number of nitro groups is 1. The summed E-state index contributed by atoms with van der Waals surface area (Å²) in [6, 6.07) is 14.8. The van der Waals surface area contributed by atoms with Crippen LogP contribution in [0.3, 0.4) is 0 Å². The minimum absolute atomic E-state index is 0.0581. The molecule has 10 nitrogen and oxygen atoms in total. The Morgan fingerprint density at radius 2 is 1.74 bits per heavy atom. The molecule has 0 aromatic heterocycles. The Morgan fingerprint density at radius 3 is 2.44 bits per heavy atom. The van der Waals surface area contributed by atoms with Crippen LogP contribution in [-0.4, -0.2) is 37.6 Å². The van der Waals surface area contributed by atoms with E-state index < -0.39 is 23.4 Å². The van der Waals surface area contributed by atoms with Crippen molar-refractivity contribution in [1.82, 2.24) is 0 Å². The Hall–Kier alpha value is -4.31. The second kappa shape index (κ2) is 11.0. The number of amides is 1. The van der Waals surface area contributed by atoms with E-state index in [0.717, 1.165) is 6.07 Å². The molecular formula is C23H19ClN2O8. The highest BCUT2D eigenvalue weighted by atomic mass is 35.5. The number of carbonyl (C=O) groups excluding carboxylic acids is 2. The maximum Gasteiger partial charge on any atom is 0.338 e. The van der Waals surface area contributed by atoms with Crippen molar-refractivity contribution in [1.29, 1.82) is 0 Å². The number of esters is 1. The number of anilines is 1. The van der Waals surface area contributed by atoms with Gasteiger partial charge in [-0.2, -0.15) is 0 Å². The van der Waals surface area contributed by atoms with Crippen LogP contribution in [0.25, 0.3) is 0 Å². The van der Waals surface area contributed by atoms with Gasteiger partial charge in [0, 0.05) is 22.8 Å². The van der Waals surface area contributed by atoms with E-state index in [0.29, 0.717) is 11.4 Å². The molecule has 0 aliphatic heterocycles. The third kappa shape index (κ3) is 6.14. The zero-order valence-corrected chi connectivity index (χ0v) is 18.8. The van der Waals surface area contributed by atoms with Crippen LogP contribution < -0.4 is 19.5 Å². The van der Waals surface area contributed by atoms with Gasteiger partial charge in [0.2, 0.25) is 5.75 Å². The lowest BCUT2D eigenvalue weighted by Gasteiger charge is -2.12. The zero-order chi connectivity index (χ0) is 24.7. The van der Waals surface area contributed by atoms with Crippen LogP contribution in [0.4, 0.5) is 11.4 Å². The molecule has 0 saturated carbocycles. The molecule has 3 rings (SSSR count). The van der Waals surface area contributed by atoms with Crippen molar-refractivity contribution >= 4 is 34.9 Å². The average Bonchev–Trinajstić information content (AvgIpc) is 2.83. The predicted molar refractivity (Wildman–Crippen MR) is 123 cm³/mol. The standard InChI is InChI=1S/C23H19ClN2O8/c1-31-17-5-3-4-16(12-17)25-22(27)13-33-23(28)14-6-8-20(21(10-14)32-2)34-19-9-7-15(24)11-18(19)26(29)30/h3-12H,13H2,1-2H3,(H,25,27). The number of ether oxygens (including phenoxy) is 4. The van der Waals surface area contributed by atoms with E-state index >= 15 is 0 Å². The Balaban J connectivity index is 1.67. The summed E-state index contributed by atoms with van der Waals surface area (Å²) >= 11 is 5.82. The summed E-state index contributed by atoms with van der Waals surface area (Å²) in [6.45, 7) is -0.520. The van der Waals surface area contributed by atoms with Crippen LogP contribution in [0.5, 0.6) is 23.0 Å². The van der Waals surface area contributed by atoms with Gasteiger partial charge >= 0.3 is 11.7 Å². The van der Waals surface area contributed by atoms with E-state index in [1.54, 1.807) is 24.3 Å². The second-order valence-electron chi connectivity index (χ2n) is 6.69. The summed E-state index contributed by atoms with van der Waals surface area (Å²) in [6.07, 6.45) is 0. The molecule has 11 heteroatoms. The highest BCUT2D eigenvalue weighted by Gasteiger charge is 2.20. The minimum atomic E-state index is -0.775. The quantitative estimate of drug-likeness (QED) is 0.258. The Bertz CT molecular complexity index is 1230. The molecule has 0 unspecified atom stereocenters. The fraction of sp³-hybridized carbons (Fsp3) is 0.130. The number of benzene rings is 3. The fourth-order valence-electron chi connectivity index (χ4n) is 2.83. The van der Waals surface area contributed by atoms with E-state index in [4.69, 9.17) is 30.5 Å². The van der Waals surface area contributed by atoms with Gasteiger partial charge in [-0.3, -0.25) is 14.9 Å². The maximum atomic E-state index is 12.4. The number of carbonyl (C=O) groups is 2.